The summed E-state index contributed by atoms with van der Waals surface area (Å²) in [6.45, 7) is -0.567. The number of aromatic hydroxyl groups is 1. The summed E-state index contributed by atoms with van der Waals surface area (Å²) in [7, 11) is -4.22. The molecule has 0 spiro atoms. The van der Waals surface area contributed by atoms with Gasteiger partial charge in [-0.2, -0.15) is 0 Å². The van der Waals surface area contributed by atoms with Crippen LogP contribution in [-0.2, 0) is 19.4 Å². The van der Waals surface area contributed by atoms with Crippen LogP contribution in [0.4, 0.5) is 0 Å². The second-order valence-electron chi connectivity index (χ2n) is 6.03. The molecule has 0 amide bonds. The van der Waals surface area contributed by atoms with Crippen LogP contribution in [0, 0.1) is 17.0 Å². The van der Waals surface area contributed by atoms with Crippen LogP contribution >= 0.6 is 0 Å². The molecule has 0 aliphatic carbocycles. The van der Waals surface area contributed by atoms with Gasteiger partial charge in [0.15, 0.2) is 13.2 Å². The zero-order chi connectivity index (χ0) is 23.0. The third-order valence-electron chi connectivity index (χ3n) is 3.85. The Morgan fingerprint density at radius 2 is 1.81 bits per heavy atom. The minimum atomic E-state index is -4.22. The summed E-state index contributed by atoms with van der Waals surface area (Å²) in [5.41, 5.74) is 0.698. The number of hydrogen-bond acceptors (Lipinski definition) is 9. The molecular weight excluding hydrogens is 440 g/mol. The second kappa shape index (κ2) is 10.1. The van der Waals surface area contributed by atoms with Gasteiger partial charge in [0, 0.05) is 6.08 Å². The summed E-state index contributed by atoms with van der Waals surface area (Å²) in [6.07, 6.45) is 2.71. The number of nitrogens with zero attached hydrogens (tertiary/aromatic N) is 2. The fourth-order valence-electron chi connectivity index (χ4n) is 2.35. The Morgan fingerprint density at radius 3 is 2.53 bits per heavy atom. The smallest absolute Gasteiger partial charge is 0.415 e. The normalized spacial score (nSPS) is 11.0. The lowest BCUT2D eigenvalue weighted by Gasteiger charge is -2.01. The standard InChI is InChI=1S/C21H16N2O8S/c24-17-11-8-16(9-12-17)10-13-19(25)29-14-4-5-15-30-20-21(23(26)31-22-20)32(27,28)18-6-2-1-3-7-18/h1-3,6-13,24H,14-15H2/b13-10+. The quantitative estimate of drug-likeness (QED) is 0.242. The number of carbonyl (C=O) groups is 1. The lowest BCUT2D eigenvalue weighted by molar-refractivity contribution is -0.832. The van der Waals surface area contributed by atoms with Crippen molar-refractivity contribution in [2.75, 3.05) is 13.2 Å². The van der Waals surface area contributed by atoms with Crippen LogP contribution in [0.5, 0.6) is 11.6 Å². The highest BCUT2D eigenvalue weighted by Gasteiger charge is 2.35. The predicted molar refractivity (Wildman–Crippen MR) is 109 cm³/mol. The average molecular weight is 456 g/mol. The molecule has 0 atom stereocenters. The summed E-state index contributed by atoms with van der Waals surface area (Å²) < 4.78 is 39.6. The first kappa shape index (κ1) is 22.4. The highest BCUT2D eigenvalue weighted by molar-refractivity contribution is 7.91. The van der Waals surface area contributed by atoms with E-state index in [0.29, 0.717) is 5.56 Å². The molecule has 0 saturated heterocycles. The van der Waals surface area contributed by atoms with Gasteiger partial charge in [-0.3, -0.25) is 4.63 Å². The van der Waals surface area contributed by atoms with Crippen LogP contribution < -0.4 is 9.64 Å². The lowest BCUT2D eigenvalue weighted by Crippen LogP contribution is -2.30. The Kier molecular flexibility index (Phi) is 7.09. The molecule has 0 radical (unpaired) electrons. The zero-order valence-corrected chi connectivity index (χ0v) is 17.2. The number of ether oxygens (including phenoxy) is 2. The molecule has 3 aromatic rings. The zero-order valence-electron chi connectivity index (χ0n) is 16.4. The molecule has 0 fully saturated rings. The van der Waals surface area contributed by atoms with Gasteiger partial charge in [-0.25, -0.2) is 13.2 Å². The Bertz CT molecular complexity index is 1270. The van der Waals surface area contributed by atoms with Gasteiger partial charge in [-0.1, -0.05) is 42.2 Å². The number of benzene rings is 2. The number of rotatable bonds is 7. The van der Waals surface area contributed by atoms with Gasteiger partial charge < -0.3 is 19.8 Å². The first-order chi connectivity index (χ1) is 15.4. The number of hydrogen-bond donors (Lipinski definition) is 1. The Balaban J connectivity index is 1.53. The summed E-state index contributed by atoms with van der Waals surface area (Å²) in [6, 6.07) is 13.5. The van der Waals surface area contributed by atoms with E-state index in [9.17, 15) is 23.5 Å². The molecule has 3 rings (SSSR count). The van der Waals surface area contributed by atoms with E-state index in [0.717, 1.165) is 0 Å². The third kappa shape index (κ3) is 5.65. The van der Waals surface area contributed by atoms with E-state index in [1.807, 2.05) is 0 Å². The topological polar surface area (TPSA) is 143 Å². The first-order valence-corrected chi connectivity index (χ1v) is 10.5. The summed E-state index contributed by atoms with van der Waals surface area (Å²) in [5.74, 6) is 3.97. The SMILES string of the molecule is O=C(/C=C/c1ccc(O)cc1)OCC#CCOc1no[n+]([O-])c1S(=O)(=O)c1ccccc1. The molecule has 0 saturated carbocycles. The van der Waals surface area contributed by atoms with Crippen molar-refractivity contribution in [1.29, 1.82) is 0 Å². The number of esters is 1. The summed E-state index contributed by atoms with van der Waals surface area (Å²) >= 11 is 0. The largest absolute Gasteiger partial charge is 0.508 e. The molecule has 0 unspecified atom stereocenters. The van der Waals surface area contributed by atoms with Crippen LogP contribution in [-0.4, -0.2) is 37.9 Å². The number of sulfone groups is 1. The van der Waals surface area contributed by atoms with Crippen LogP contribution in [0.15, 0.2) is 75.2 Å². The van der Waals surface area contributed by atoms with Crippen LogP contribution in [0.3, 0.4) is 0 Å². The molecular formula is C21H16N2O8S. The van der Waals surface area contributed by atoms with Crippen molar-refractivity contribution in [2.45, 2.75) is 9.92 Å². The molecule has 10 nitrogen and oxygen atoms in total. The maximum atomic E-state index is 12.6. The van der Waals surface area contributed by atoms with Gasteiger partial charge in [0.1, 0.15) is 5.75 Å². The van der Waals surface area contributed by atoms with Crippen molar-refractivity contribution in [2.24, 2.45) is 0 Å². The van der Waals surface area contributed by atoms with Gasteiger partial charge >= 0.3 is 16.9 Å². The number of aromatic nitrogens is 2. The fraction of sp³-hybridized carbons (Fsp3) is 0.0952. The molecule has 32 heavy (non-hydrogen) atoms. The van der Waals surface area contributed by atoms with Crippen molar-refractivity contribution in [3.8, 4) is 23.5 Å². The van der Waals surface area contributed by atoms with E-state index >= 15 is 0 Å². The molecule has 164 valence electrons. The number of phenols is 1. The molecule has 0 aliphatic rings. The third-order valence-corrected chi connectivity index (χ3v) is 5.58. The van der Waals surface area contributed by atoms with Crippen molar-refractivity contribution in [3.05, 3.63) is 71.4 Å². The number of carbonyl (C=O) groups excluding carboxylic acids is 1. The lowest BCUT2D eigenvalue weighted by atomic mass is 10.2. The Labute approximate surface area is 182 Å². The predicted octanol–water partition coefficient (Wildman–Crippen LogP) is 1.49. The monoisotopic (exact) mass is 456 g/mol. The van der Waals surface area contributed by atoms with Crippen molar-refractivity contribution in [1.82, 2.24) is 5.16 Å². The molecule has 11 heteroatoms. The highest BCUT2D eigenvalue weighted by Crippen LogP contribution is 2.24. The van der Waals surface area contributed by atoms with Crippen LogP contribution in [0.25, 0.3) is 6.08 Å². The van der Waals surface area contributed by atoms with E-state index < -0.39 is 26.7 Å². The molecule has 1 aromatic heterocycles. The molecule has 1 N–H and O–H groups in total. The van der Waals surface area contributed by atoms with Gasteiger partial charge in [0.05, 0.1) is 10.1 Å². The van der Waals surface area contributed by atoms with Crippen molar-refractivity contribution < 1.29 is 37.3 Å². The van der Waals surface area contributed by atoms with E-state index in [1.54, 1.807) is 18.2 Å². The average Bonchev–Trinajstić information content (AvgIpc) is 3.17. The molecule has 0 aliphatic heterocycles. The van der Waals surface area contributed by atoms with Gasteiger partial charge in [0.25, 0.3) is 9.84 Å². The van der Waals surface area contributed by atoms with Gasteiger partial charge in [-0.15, -0.1) is 0 Å². The summed E-state index contributed by atoms with van der Waals surface area (Å²) in [4.78, 5) is 11.3. The second-order valence-corrected chi connectivity index (χ2v) is 7.90. The molecule has 0 bridgehead atoms. The maximum absolute atomic E-state index is 12.6. The summed E-state index contributed by atoms with van der Waals surface area (Å²) in [5, 5.41) is 23.5. The first-order valence-electron chi connectivity index (χ1n) is 9.00. The molecule has 1 heterocycles. The minimum Gasteiger partial charge on any atom is -0.508 e. The van der Waals surface area contributed by atoms with Crippen LogP contribution in [0.1, 0.15) is 5.56 Å². The Morgan fingerprint density at radius 1 is 1.12 bits per heavy atom. The minimum absolute atomic E-state index is 0.114. The highest BCUT2D eigenvalue weighted by atomic mass is 32.2. The van der Waals surface area contributed by atoms with E-state index in [4.69, 9.17) is 9.47 Å². The van der Waals surface area contributed by atoms with Gasteiger partial charge in [0.2, 0.25) is 0 Å². The van der Waals surface area contributed by atoms with E-state index in [2.05, 4.69) is 21.6 Å². The van der Waals surface area contributed by atoms with E-state index in [1.165, 1.54) is 48.6 Å². The van der Waals surface area contributed by atoms with Gasteiger partial charge in [-0.05, 0) is 40.8 Å². The van der Waals surface area contributed by atoms with Crippen molar-refractivity contribution >= 4 is 21.9 Å². The van der Waals surface area contributed by atoms with Crippen molar-refractivity contribution in [3.63, 3.8) is 0 Å². The Hall–Kier alpha value is -4.30. The number of phenolic OH excluding ortho intramolecular Hbond substituents is 1. The van der Waals surface area contributed by atoms with Crippen LogP contribution in [0.2, 0.25) is 0 Å². The van der Waals surface area contributed by atoms with E-state index in [-0.39, 0.29) is 28.8 Å². The fourth-order valence-corrected chi connectivity index (χ4v) is 3.65. The molecule has 2 aromatic carbocycles. The maximum Gasteiger partial charge on any atom is 0.415 e.